The Balaban J connectivity index is 1.48. The second-order valence-electron chi connectivity index (χ2n) is 7.75. The third-order valence-electron chi connectivity index (χ3n) is 5.66. The number of hydrogen-bond acceptors (Lipinski definition) is 4. The lowest BCUT2D eigenvalue weighted by molar-refractivity contribution is -0.116. The predicted molar refractivity (Wildman–Crippen MR) is 115 cm³/mol. The summed E-state index contributed by atoms with van der Waals surface area (Å²) < 4.78 is 28.2. The SMILES string of the molecule is CC(=O)N1CCc2cc(S(=O)(=O)Nc3ccc(C(=O)N4CCCCC4)cc3)ccc21. The lowest BCUT2D eigenvalue weighted by Gasteiger charge is -2.26. The number of likely N-dealkylation sites (tertiary alicyclic amines) is 1. The number of piperidine rings is 1. The first kappa shape index (κ1) is 20.4. The van der Waals surface area contributed by atoms with Gasteiger partial charge in [0.1, 0.15) is 0 Å². The summed E-state index contributed by atoms with van der Waals surface area (Å²) in [6.45, 7) is 3.61. The molecule has 0 unspecified atom stereocenters. The molecule has 2 aromatic rings. The maximum Gasteiger partial charge on any atom is 0.261 e. The van der Waals surface area contributed by atoms with Crippen molar-refractivity contribution in [3.05, 3.63) is 53.6 Å². The maximum atomic E-state index is 12.8. The molecular formula is C22H25N3O4S. The van der Waals surface area contributed by atoms with Gasteiger partial charge in [-0.3, -0.25) is 14.3 Å². The van der Waals surface area contributed by atoms with Gasteiger partial charge in [0.25, 0.3) is 15.9 Å². The second kappa shape index (κ2) is 8.10. The Hall–Kier alpha value is -2.87. The Bertz CT molecular complexity index is 1070. The van der Waals surface area contributed by atoms with Crippen LogP contribution in [-0.4, -0.2) is 44.8 Å². The highest BCUT2D eigenvalue weighted by atomic mass is 32.2. The van der Waals surface area contributed by atoms with Crippen LogP contribution in [0.2, 0.25) is 0 Å². The zero-order chi connectivity index (χ0) is 21.3. The van der Waals surface area contributed by atoms with E-state index in [9.17, 15) is 18.0 Å². The molecule has 0 spiro atoms. The number of carbonyl (C=O) groups is 2. The summed E-state index contributed by atoms with van der Waals surface area (Å²) in [6, 6.07) is 11.3. The van der Waals surface area contributed by atoms with Gasteiger partial charge in [0.05, 0.1) is 4.90 Å². The summed E-state index contributed by atoms with van der Waals surface area (Å²) in [6.07, 6.45) is 3.83. The number of nitrogens with zero attached hydrogens (tertiary/aromatic N) is 2. The third-order valence-corrected chi connectivity index (χ3v) is 7.04. The Labute approximate surface area is 176 Å². The van der Waals surface area contributed by atoms with Gasteiger partial charge in [0.2, 0.25) is 5.91 Å². The lowest BCUT2D eigenvalue weighted by atomic mass is 10.1. The zero-order valence-electron chi connectivity index (χ0n) is 16.9. The highest BCUT2D eigenvalue weighted by Crippen LogP contribution is 2.31. The molecule has 30 heavy (non-hydrogen) atoms. The molecule has 4 rings (SSSR count). The van der Waals surface area contributed by atoms with Crippen LogP contribution in [0.25, 0.3) is 0 Å². The fourth-order valence-electron chi connectivity index (χ4n) is 4.05. The highest BCUT2D eigenvalue weighted by molar-refractivity contribution is 7.92. The van der Waals surface area contributed by atoms with Crippen LogP contribution in [0.1, 0.15) is 42.1 Å². The Morgan fingerprint density at radius 2 is 1.63 bits per heavy atom. The average molecular weight is 428 g/mol. The van der Waals surface area contributed by atoms with Crippen molar-refractivity contribution in [2.24, 2.45) is 0 Å². The van der Waals surface area contributed by atoms with Crippen LogP contribution in [0.3, 0.4) is 0 Å². The van der Waals surface area contributed by atoms with Gasteiger partial charge in [-0.1, -0.05) is 0 Å². The van der Waals surface area contributed by atoms with Gasteiger partial charge in [-0.2, -0.15) is 0 Å². The molecule has 0 atom stereocenters. The molecular weight excluding hydrogens is 402 g/mol. The molecule has 1 fully saturated rings. The van der Waals surface area contributed by atoms with Gasteiger partial charge < -0.3 is 9.80 Å². The number of sulfonamides is 1. The molecule has 1 N–H and O–H groups in total. The van der Waals surface area contributed by atoms with Crippen molar-refractivity contribution in [3.8, 4) is 0 Å². The molecule has 0 radical (unpaired) electrons. The first-order valence-electron chi connectivity index (χ1n) is 10.2. The van der Waals surface area contributed by atoms with Crippen LogP contribution in [-0.2, 0) is 21.2 Å². The summed E-state index contributed by atoms with van der Waals surface area (Å²) in [5, 5.41) is 0. The normalized spacial score (nSPS) is 16.3. The molecule has 2 heterocycles. The van der Waals surface area contributed by atoms with Crippen LogP contribution in [0.5, 0.6) is 0 Å². The zero-order valence-corrected chi connectivity index (χ0v) is 17.7. The van der Waals surface area contributed by atoms with Gasteiger partial charge in [0, 0.05) is 43.5 Å². The summed E-state index contributed by atoms with van der Waals surface area (Å²) in [5.74, 6) is -0.0700. The van der Waals surface area contributed by atoms with E-state index in [1.807, 2.05) is 4.90 Å². The molecule has 0 bridgehead atoms. The van der Waals surface area contributed by atoms with E-state index in [0.717, 1.165) is 43.6 Å². The highest BCUT2D eigenvalue weighted by Gasteiger charge is 2.25. The minimum atomic E-state index is -3.77. The van der Waals surface area contributed by atoms with Crippen LogP contribution in [0.15, 0.2) is 47.4 Å². The molecule has 2 aromatic carbocycles. The van der Waals surface area contributed by atoms with Crippen molar-refractivity contribution in [2.45, 2.75) is 37.5 Å². The number of anilines is 2. The van der Waals surface area contributed by atoms with Gasteiger partial charge in [-0.05, 0) is 73.7 Å². The number of carbonyl (C=O) groups excluding carboxylic acids is 2. The van der Waals surface area contributed by atoms with Crippen molar-refractivity contribution in [1.82, 2.24) is 4.90 Å². The van der Waals surface area contributed by atoms with E-state index in [1.54, 1.807) is 41.3 Å². The van der Waals surface area contributed by atoms with Gasteiger partial charge in [-0.25, -0.2) is 8.42 Å². The number of rotatable bonds is 4. The summed E-state index contributed by atoms with van der Waals surface area (Å²) in [7, 11) is -3.77. The molecule has 0 aliphatic carbocycles. The van der Waals surface area contributed by atoms with Crippen LogP contribution < -0.4 is 9.62 Å². The van der Waals surface area contributed by atoms with Crippen LogP contribution in [0.4, 0.5) is 11.4 Å². The molecule has 1 saturated heterocycles. The van der Waals surface area contributed by atoms with E-state index in [1.165, 1.54) is 13.0 Å². The van der Waals surface area contributed by atoms with Gasteiger partial charge >= 0.3 is 0 Å². The molecule has 0 aromatic heterocycles. The molecule has 2 amide bonds. The molecule has 158 valence electrons. The van der Waals surface area contributed by atoms with Crippen molar-refractivity contribution in [2.75, 3.05) is 29.3 Å². The maximum absolute atomic E-state index is 12.8. The number of fused-ring (bicyclic) bond motifs is 1. The van der Waals surface area contributed by atoms with Crippen LogP contribution >= 0.6 is 0 Å². The Morgan fingerprint density at radius 3 is 2.30 bits per heavy atom. The Morgan fingerprint density at radius 1 is 0.933 bits per heavy atom. The van der Waals surface area contributed by atoms with E-state index in [-0.39, 0.29) is 16.7 Å². The van der Waals surface area contributed by atoms with Crippen molar-refractivity contribution in [1.29, 1.82) is 0 Å². The molecule has 8 heteroatoms. The van der Waals surface area contributed by atoms with Crippen LogP contribution in [0, 0.1) is 0 Å². The van der Waals surface area contributed by atoms with E-state index < -0.39 is 10.0 Å². The van der Waals surface area contributed by atoms with E-state index in [2.05, 4.69) is 4.72 Å². The largest absolute Gasteiger partial charge is 0.339 e. The average Bonchev–Trinajstić information content (AvgIpc) is 3.18. The molecule has 0 saturated carbocycles. The van der Waals surface area contributed by atoms with E-state index >= 15 is 0 Å². The smallest absolute Gasteiger partial charge is 0.261 e. The number of nitrogens with one attached hydrogen (secondary N) is 1. The first-order chi connectivity index (χ1) is 14.3. The van der Waals surface area contributed by atoms with Crippen molar-refractivity contribution < 1.29 is 18.0 Å². The number of benzene rings is 2. The standard InChI is InChI=1S/C22H25N3O4S/c1-16(26)25-14-11-18-15-20(9-10-21(18)25)30(28,29)23-19-7-5-17(6-8-19)22(27)24-12-3-2-4-13-24/h5-10,15,23H,2-4,11-14H2,1H3. The quantitative estimate of drug-likeness (QED) is 0.813. The van der Waals surface area contributed by atoms with E-state index in [4.69, 9.17) is 0 Å². The molecule has 7 nitrogen and oxygen atoms in total. The molecule has 2 aliphatic rings. The molecule has 2 aliphatic heterocycles. The van der Waals surface area contributed by atoms with Gasteiger partial charge in [0.15, 0.2) is 0 Å². The predicted octanol–water partition coefficient (Wildman–Crippen LogP) is 3.02. The number of hydrogen-bond donors (Lipinski definition) is 1. The summed E-state index contributed by atoms with van der Waals surface area (Å²) in [5.41, 5.74) is 2.57. The fraction of sp³-hybridized carbons (Fsp3) is 0.364. The second-order valence-corrected chi connectivity index (χ2v) is 9.43. The minimum absolute atomic E-state index is 0.0160. The fourth-order valence-corrected chi connectivity index (χ4v) is 5.16. The van der Waals surface area contributed by atoms with Crippen molar-refractivity contribution in [3.63, 3.8) is 0 Å². The Kier molecular flexibility index (Phi) is 5.51. The minimum Gasteiger partial charge on any atom is -0.339 e. The van der Waals surface area contributed by atoms with E-state index in [0.29, 0.717) is 24.2 Å². The van der Waals surface area contributed by atoms with Gasteiger partial charge in [-0.15, -0.1) is 0 Å². The lowest BCUT2D eigenvalue weighted by Crippen LogP contribution is -2.35. The number of amides is 2. The summed E-state index contributed by atoms with van der Waals surface area (Å²) in [4.78, 5) is 27.9. The first-order valence-corrected chi connectivity index (χ1v) is 11.7. The summed E-state index contributed by atoms with van der Waals surface area (Å²) >= 11 is 0. The topological polar surface area (TPSA) is 86.8 Å². The monoisotopic (exact) mass is 427 g/mol. The third kappa shape index (κ3) is 4.05. The van der Waals surface area contributed by atoms with Crippen molar-refractivity contribution >= 4 is 33.2 Å².